The Kier molecular flexibility index (Phi) is 33.1. The summed E-state index contributed by atoms with van der Waals surface area (Å²) in [5, 5.41) is 6.71. The lowest BCUT2D eigenvalue weighted by Crippen LogP contribution is -2.43. The summed E-state index contributed by atoms with van der Waals surface area (Å²) in [6, 6.07) is 1.64. The molecule has 0 aromatic carbocycles. The summed E-state index contributed by atoms with van der Waals surface area (Å²) in [6.45, 7) is 13.8. The lowest BCUT2D eigenvalue weighted by atomic mass is 9.97. The van der Waals surface area contributed by atoms with Crippen molar-refractivity contribution in [2.24, 2.45) is 16.6 Å². The lowest BCUT2D eigenvalue weighted by Gasteiger charge is -2.32. The van der Waals surface area contributed by atoms with E-state index in [2.05, 4.69) is 20.6 Å². The number of piperidine rings is 1. The summed E-state index contributed by atoms with van der Waals surface area (Å²) in [5.41, 5.74) is 7.80. The third-order valence-electron chi connectivity index (χ3n) is 11.2. The van der Waals surface area contributed by atoms with Crippen LogP contribution in [-0.4, -0.2) is 246 Å². The molecular weight excluding hydrogens is 1010 g/mol. The zero-order valence-electron chi connectivity index (χ0n) is 44.8. The van der Waals surface area contributed by atoms with E-state index in [-0.39, 0.29) is 62.9 Å². The molecule has 0 saturated carbocycles. The average molecular weight is 1090 g/mol. The van der Waals surface area contributed by atoms with Gasteiger partial charge in [-0.05, 0) is 44.2 Å². The number of nitrogens with two attached hydrogens (primary N) is 1. The molecule has 4 rings (SSSR count). The second-order valence-corrected chi connectivity index (χ2v) is 17.2. The zero-order valence-corrected chi connectivity index (χ0v) is 44.8. The van der Waals surface area contributed by atoms with Crippen LogP contribution in [0.2, 0.25) is 0 Å². The fraction of sp³-hybridized carbons (Fsp3) is 0.686. The number of likely N-dealkylation sites (tertiary alicyclic amines) is 1. The molecular formula is C51H80N8O18. The summed E-state index contributed by atoms with van der Waals surface area (Å²) >= 11 is 0. The smallest absolute Gasteiger partial charge is 0.407 e. The van der Waals surface area contributed by atoms with E-state index in [4.69, 9.17) is 62.7 Å². The van der Waals surface area contributed by atoms with Gasteiger partial charge in [0.05, 0.1) is 156 Å². The zero-order chi connectivity index (χ0) is 55.1. The minimum Gasteiger partial charge on any atom is -0.447 e. The molecule has 1 aromatic rings. The van der Waals surface area contributed by atoms with Gasteiger partial charge in [-0.15, -0.1) is 0 Å². The van der Waals surface area contributed by atoms with Gasteiger partial charge in [-0.25, -0.2) is 14.9 Å². The quantitative estimate of drug-likeness (QED) is 0.0464. The van der Waals surface area contributed by atoms with Crippen LogP contribution < -0.4 is 16.4 Å². The molecule has 77 heavy (non-hydrogen) atoms. The number of pyridine rings is 1. The first-order valence-electron chi connectivity index (χ1n) is 26.4. The van der Waals surface area contributed by atoms with Crippen LogP contribution in [0.1, 0.15) is 55.6 Å². The molecule has 4 N–H and O–H groups in total. The molecule has 0 bridgehead atoms. The van der Waals surface area contributed by atoms with E-state index < -0.39 is 23.8 Å². The van der Waals surface area contributed by atoms with Crippen molar-refractivity contribution in [1.82, 2.24) is 30.5 Å². The van der Waals surface area contributed by atoms with E-state index in [9.17, 15) is 28.8 Å². The highest BCUT2D eigenvalue weighted by atomic mass is 16.7. The fourth-order valence-corrected chi connectivity index (χ4v) is 7.47. The van der Waals surface area contributed by atoms with E-state index in [1.807, 2.05) is 13.8 Å². The Morgan fingerprint density at radius 2 is 1.21 bits per heavy atom. The molecule has 1 fully saturated rings. The number of carbonyl (C=O) groups is 6. The van der Waals surface area contributed by atoms with Crippen LogP contribution in [0.3, 0.4) is 0 Å². The van der Waals surface area contributed by atoms with Gasteiger partial charge in [0.15, 0.2) is 0 Å². The van der Waals surface area contributed by atoms with Crippen molar-refractivity contribution in [2.75, 3.05) is 185 Å². The Morgan fingerprint density at radius 3 is 1.71 bits per heavy atom. The number of ether oxygens (including phenoxy) is 11. The van der Waals surface area contributed by atoms with E-state index in [1.165, 1.54) is 11.3 Å². The summed E-state index contributed by atoms with van der Waals surface area (Å²) in [6.07, 6.45) is 7.31. The summed E-state index contributed by atoms with van der Waals surface area (Å²) in [4.78, 5) is 91.0. The lowest BCUT2D eigenvalue weighted by molar-refractivity contribution is -0.180. The summed E-state index contributed by atoms with van der Waals surface area (Å²) < 4.78 is 60.0. The Bertz CT molecular complexity index is 2000. The van der Waals surface area contributed by atoms with Gasteiger partial charge in [0, 0.05) is 63.1 Å². The predicted octanol–water partition coefficient (Wildman–Crippen LogP) is 0.833. The number of hydroxylamine groups is 2. The van der Waals surface area contributed by atoms with Crippen molar-refractivity contribution in [3.63, 3.8) is 0 Å². The van der Waals surface area contributed by atoms with Gasteiger partial charge in [0.1, 0.15) is 19.0 Å². The number of hydrogen-bond donors (Lipinski definition) is 3. The number of amidine groups is 1. The Morgan fingerprint density at radius 1 is 0.701 bits per heavy atom. The first-order chi connectivity index (χ1) is 37.6. The number of carbonyl (C=O) groups excluding carboxylic acids is 6. The monoisotopic (exact) mass is 1090 g/mol. The Hall–Kier alpha value is -5.52. The Labute approximate surface area is 450 Å². The largest absolute Gasteiger partial charge is 0.447 e. The van der Waals surface area contributed by atoms with Crippen molar-refractivity contribution in [2.45, 2.75) is 39.5 Å². The van der Waals surface area contributed by atoms with Gasteiger partial charge in [-0.2, -0.15) is 0 Å². The summed E-state index contributed by atoms with van der Waals surface area (Å²) in [5.74, 6) is -1.67. The normalized spacial score (nSPS) is 15.3. The summed E-state index contributed by atoms with van der Waals surface area (Å²) in [7, 11) is 0. The predicted molar refractivity (Wildman–Crippen MR) is 277 cm³/mol. The van der Waals surface area contributed by atoms with Crippen molar-refractivity contribution in [3.05, 3.63) is 41.2 Å². The molecule has 0 aliphatic carbocycles. The molecule has 1 saturated heterocycles. The first kappa shape index (κ1) is 64.0. The third-order valence-corrected chi connectivity index (χ3v) is 11.2. The second kappa shape index (κ2) is 39.8. The van der Waals surface area contributed by atoms with Crippen LogP contribution in [0.5, 0.6) is 0 Å². The van der Waals surface area contributed by atoms with Crippen molar-refractivity contribution in [3.8, 4) is 0 Å². The highest BCUT2D eigenvalue weighted by Gasteiger charge is 2.28. The molecule has 4 heterocycles. The van der Waals surface area contributed by atoms with E-state index in [0.717, 1.165) is 36.3 Å². The molecule has 0 unspecified atom stereocenters. The van der Waals surface area contributed by atoms with Crippen molar-refractivity contribution in [1.29, 1.82) is 0 Å². The number of imide groups is 1. The van der Waals surface area contributed by atoms with Gasteiger partial charge >= 0.3 is 6.09 Å². The SMILES string of the molecule is CCCN(OCC)C(=O)C1=Cc2ncc(C(=O)N3CCC[C@H](CNC(=O)OCCOCCOCCOCCOCCOCCOCCOCCOCCOCCOCCNC(=O)CN4C(=O)C=CC4=O)C3)cc2N=C(N)C1. The van der Waals surface area contributed by atoms with Gasteiger partial charge < -0.3 is 73.4 Å². The number of aliphatic imine (C=N–C) groups is 1. The number of rotatable bonds is 43. The average Bonchev–Trinajstić information content (AvgIpc) is 3.63. The van der Waals surface area contributed by atoms with Gasteiger partial charge in [-0.3, -0.25) is 38.7 Å². The van der Waals surface area contributed by atoms with E-state index in [0.29, 0.717) is 174 Å². The number of alkyl carbamates (subject to hydrolysis) is 1. The van der Waals surface area contributed by atoms with Crippen LogP contribution in [0, 0.1) is 5.92 Å². The number of aromatic nitrogens is 1. The second-order valence-electron chi connectivity index (χ2n) is 17.2. The molecule has 6 amide bonds. The van der Waals surface area contributed by atoms with Crippen molar-refractivity contribution >= 4 is 53.2 Å². The highest BCUT2D eigenvalue weighted by Crippen LogP contribution is 2.28. The molecule has 432 valence electrons. The van der Waals surface area contributed by atoms with E-state index >= 15 is 0 Å². The maximum absolute atomic E-state index is 13.6. The molecule has 1 aromatic heterocycles. The van der Waals surface area contributed by atoms with Crippen LogP contribution >= 0.6 is 0 Å². The molecule has 26 heteroatoms. The Balaban J connectivity index is 0.848. The molecule has 0 spiro atoms. The molecule has 26 nitrogen and oxygen atoms in total. The van der Waals surface area contributed by atoms with Crippen LogP contribution in [0.25, 0.3) is 6.08 Å². The number of nitrogens with zero attached hydrogens (tertiary/aromatic N) is 5. The third kappa shape index (κ3) is 27.1. The first-order valence-corrected chi connectivity index (χ1v) is 26.4. The fourth-order valence-electron chi connectivity index (χ4n) is 7.47. The molecule has 0 radical (unpaired) electrons. The van der Waals surface area contributed by atoms with Crippen LogP contribution in [0.4, 0.5) is 10.5 Å². The maximum atomic E-state index is 13.6. The van der Waals surface area contributed by atoms with Crippen molar-refractivity contribution < 1.29 is 85.7 Å². The van der Waals surface area contributed by atoms with Gasteiger partial charge in [-0.1, -0.05) is 6.92 Å². The van der Waals surface area contributed by atoms with Gasteiger partial charge in [0.2, 0.25) is 5.91 Å². The number of amides is 6. The number of fused-ring (bicyclic) bond motifs is 1. The minimum atomic E-state index is -0.557. The number of hydrogen-bond acceptors (Lipinski definition) is 21. The number of nitrogens with one attached hydrogen (secondary N) is 2. The van der Waals surface area contributed by atoms with Gasteiger partial charge in [0.25, 0.3) is 23.6 Å². The molecule has 1 atom stereocenters. The molecule has 3 aliphatic heterocycles. The minimum absolute atomic E-state index is 0.0387. The van der Waals surface area contributed by atoms with Crippen LogP contribution in [0.15, 0.2) is 35.0 Å². The standard InChI is InChI=1S/C51H80N8O18/c1-3-10-59(77-4-2)50(64)41-33-43-44(56-45(52)35-41)34-42(37-54-43)49(63)57-11-5-6-40(38-57)36-55-51(65)76-32-31-75-30-29-74-28-27-73-26-25-72-24-23-71-22-21-70-20-19-69-18-17-68-16-15-67-14-13-66-12-9-53-46(60)39-58-47(61)7-8-48(58)62/h7-8,33-34,37,40H,3-6,9-32,35-36,38-39H2,1-2H3,(H2,52,56)(H,53,60)(H,55,65)/t40-/m1/s1. The molecule has 3 aliphatic rings. The van der Waals surface area contributed by atoms with E-state index in [1.54, 1.807) is 17.0 Å². The maximum Gasteiger partial charge on any atom is 0.407 e. The van der Waals surface area contributed by atoms with Crippen LogP contribution in [-0.2, 0) is 76.1 Å². The topological polar surface area (TPSA) is 298 Å². The highest BCUT2D eigenvalue weighted by molar-refractivity contribution is 6.14.